The minimum Gasteiger partial charge on any atom is -0.462 e. The molecule has 1 rings (SSSR count). The van der Waals surface area contributed by atoms with Gasteiger partial charge in [0.05, 0.1) is 6.61 Å². The van der Waals surface area contributed by atoms with Gasteiger partial charge in [0.15, 0.2) is 12.2 Å². The number of carbonyl (C=O) groups excluding carboxylic acids is 3. The second kappa shape index (κ2) is 9.33. The molecule has 8 nitrogen and oxygen atoms in total. The fourth-order valence-corrected chi connectivity index (χ4v) is 2.23. The van der Waals surface area contributed by atoms with Gasteiger partial charge in [0.1, 0.15) is 18.8 Å². The van der Waals surface area contributed by atoms with Crippen molar-refractivity contribution in [2.45, 2.75) is 51.5 Å². The lowest BCUT2D eigenvalue weighted by molar-refractivity contribution is -0.174. The highest BCUT2D eigenvalue weighted by Crippen LogP contribution is 2.31. The second-order valence-corrected chi connectivity index (χ2v) is 5.06. The molecular weight excluding hydrogens is 327 g/mol. The molecule has 1 heterocycles. The van der Waals surface area contributed by atoms with E-state index in [1.807, 2.05) is 0 Å². The molecule has 1 aliphatic rings. The van der Waals surface area contributed by atoms with Gasteiger partial charge in [0.25, 0.3) is 0 Å². The fraction of sp³-hybridized carbons (Fsp3) is 0.667. The van der Waals surface area contributed by atoms with E-state index in [1.54, 1.807) is 0 Å². The SMILES string of the molecule is C=CCO[C@@H]1[C@@H](OC(C)=O)[C@H](F)O[C@@H]1[C@@H](COC(C)=O)OC(C)=O. The maximum Gasteiger partial charge on any atom is 0.303 e. The summed E-state index contributed by atoms with van der Waals surface area (Å²) >= 11 is 0. The predicted molar refractivity (Wildman–Crippen MR) is 77.4 cm³/mol. The van der Waals surface area contributed by atoms with Crippen LogP contribution in [0, 0.1) is 0 Å². The van der Waals surface area contributed by atoms with E-state index in [4.69, 9.17) is 23.7 Å². The Hall–Kier alpha value is -2.00. The summed E-state index contributed by atoms with van der Waals surface area (Å²) in [5, 5.41) is 0. The Morgan fingerprint density at radius 1 is 1.17 bits per heavy atom. The van der Waals surface area contributed by atoms with E-state index in [1.165, 1.54) is 13.0 Å². The minimum absolute atomic E-state index is 0.0232. The summed E-state index contributed by atoms with van der Waals surface area (Å²) in [6.07, 6.45) is -5.23. The third-order valence-electron chi connectivity index (χ3n) is 3.04. The first-order valence-electron chi connectivity index (χ1n) is 7.26. The maximum absolute atomic E-state index is 14.1. The molecular formula is C15H21FO8. The highest BCUT2D eigenvalue weighted by Gasteiger charge is 2.52. The van der Waals surface area contributed by atoms with Crippen molar-refractivity contribution < 1.29 is 42.5 Å². The largest absolute Gasteiger partial charge is 0.462 e. The summed E-state index contributed by atoms with van der Waals surface area (Å²) in [4.78, 5) is 33.4. The molecule has 0 radical (unpaired) electrons. The summed E-state index contributed by atoms with van der Waals surface area (Å²) in [6.45, 7) is 6.59. The molecule has 0 amide bonds. The normalized spacial score (nSPS) is 27.2. The minimum atomic E-state index is -1.98. The van der Waals surface area contributed by atoms with Crippen LogP contribution < -0.4 is 0 Å². The Bertz CT molecular complexity index is 480. The molecule has 1 fully saturated rings. The Labute approximate surface area is 138 Å². The summed E-state index contributed by atoms with van der Waals surface area (Å²) < 4.78 is 39.4. The summed E-state index contributed by atoms with van der Waals surface area (Å²) in [5.41, 5.74) is 0. The molecule has 1 saturated heterocycles. The van der Waals surface area contributed by atoms with Crippen molar-refractivity contribution in [1.29, 1.82) is 0 Å². The summed E-state index contributed by atoms with van der Waals surface area (Å²) in [6, 6.07) is 0. The lowest BCUT2D eigenvalue weighted by Gasteiger charge is -2.27. The van der Waals surface area contributed by atoms with Crippen LogP contribution in [0.2, 0.25) is 0 Å². The van der Waals surface area contributed by atoms with Gasteiger partial charge in [-0.3, -0.25) is 14.4 Å². The zero-order chi connectivity index (χ0) is 18.3. The molecule has 0 aromatic carbocycles. The number of hydrogen-bond acceptors (Lipinski definition) is 8. The zero-order valence-electron chi connectivity index (χ0n) is 13.7. The number of ether oxygens (including phenoxy) is 5. The van der Waals surface area contributed by atoms with Crippen molar-refractivity contribution in [3.63, 3.8) is 0 Å². The number of rotatable bonds is 8. The van der Waals surface area contributed by atoms with Gasteiger partial charge in [0, 0.05) is 20.8 Å². The monoisotopic (exact) mass is 348 g/mol. The van der Waals surface area contributed by atoms with Gasteiger partial charge in [0.2, 0.25) is 6.36 Å². The van der Waals surface area contributed by atoms with Crippen LogP contribution in [0.15, 0.2) is 12.7 Å². The number of alkyl halides is 1. The van der Waals surface area contributed by atoms with Crippen molar-refractivity contribution in [1.82, 2.24) is 0 Å². The molecule has 0 aromatic rings. The number of carbonyl (C=O) groups is 3. The molecule has 9 heteroatoms. The third kappa shape index (κ3) is 5.89. The lowest BCUT2D eigenvalue weighted by atomic mass is 10.1. The van der Waals surface area contributed by atoms with Crippen LogP contribution in [0.4, 0.5) is 4.39 Å². The van der Waals surface area contributed by atoms with Crippen LogP contribution >= 0.6 is 0 Å². The van der Waals surface area contributed by atoms with Crippen molar-refractivity contribution in [2.24, 2.45) is 0 Å². The molecule has 0 bridgehead atoms. The van der Waals surface area contributed by atoms with Gasteiger partial charge in [-0.05, 0) is 0 Å². The van der Waals surface area contributed by atoms with Crippen LogP contribution in [0.5, 0.6) is 0 Å². The number of halogens is 1. The van der Waals surface area contributed by atoms with Crippen molar-refractivity contribution in [3.8, 4) is 0 Å². The van der Waals surface area contributed by atoms with E-state index in [9.17, 15) is 18.8 Å². The van der Waals surface area contributed by atoms with E-state index < -0.39 is 48.7 Å². The number of hydrogen-bond donors (Lipinski definition) is 0. The average molecular weight is 348 g/mol. The van der Waals surface area contributed by atoms with Gasteiger partial charge in [-0.15, -0.1) is 6.58 Å². The lowest BCUT2D eigenvalue weighted by Crippen LogP contribution is -2.46. The Morgan fingerprint density at radius 3 is 2.33 bits per heavy atom. The second-order valence-electron chi connectivity index (χ2n) is 5.06. The van der Waals surface area contributed by atoms with Gasteiger partial charge in [-0.1, -0.05) is 6.08 Å². The molecule has 1 aliphatic heterocycles. The molecule has 0 spiro atoms. The van der Waals surface area contributed by atoms with Gasteiger partial charge >= 0.3 is 17.9 Å². The average Bonchev–Trinajstić information content (AvgIpc) is 2.77. The van der Waals surface area contributed by atoms with Crippen LogP contribution in [-0.2, 0) is 38.1 Å². The molecule has 24 heavy (non-hydrogen) atoms. The van der Waals surface area contributed by atoms with Crippen molar-refractivity contribution in [2.75, 3.05) is 13.2 Å². The van der Waals surface area contributed by atoms with Crippen molar-refractivity contribution in [3.05, 3.63) is 12.7 Å². The highest BCUT2D eigenvalue weighted by atomic mass is 19.1. The third-order valence-corrected chi connectivity index (χ3v) is 3.04. The molecule has 0 N–H and O–H groups in total. The molecule has 0 aliphatic carbocycles. The quantitative estimate of drug-likeness (QED) is 0.359. The molecule has 0 unspecified atom stereocenters. The van der Waals surface area contributed by atoms with Gasteiger partial charge in [-0.2, -0.15) is 0 Å². The molecule has 0 saturated carbocycles. The smallest absolute Gasteiger partial charge is 0.303 e. The summed E-state index contributed by atoms with van der Waals surface area (Å²) in [5.74, 6) is -2.00. The zero-order valence-corrected chi connectivity index (χ0v) is 13.7. The van der Waals surface area contributed by atoms with Crippen LogP contribution in [-0.4, -0.2) is 61.9 Å². The van der Waals surface area contributed by atoms with Gasteiger partial charge < -0.3 is 23.7 Å². The fourth-order valence-electron chi connectivity index (χ4n) is 2.23. The Balaban J connectivity index is 2.98. The van der Waals surface area contributed by atoms with E-state index in [2.05, 4.69) is 6.58 Å². The first-order chi connectivity index (χ1) is 11.3. The van der Waals surface area contributed by atoms with Crippen LogP contribution in [0.3, 0.4) is 0 Å². The topological polar surface area (TPSA) is 97.4 Å². The maximum atomic E-state index is 14.1. The Morgan fingerprint density at radius 2 is 1.83 bits per heavy atom. The molecule has 136 valence electrons. The van der Waals surface area contributed by atoms with E-state index in [0.717, 1.165) is 13.8 Å². The van der Waals surface area contributed by atoms with E-state index in [0.29, 0.717) is 0 Å². The first-order valence-corrected chi connectivity index (χ1v) is 7.26. The predicted octanol–water partition coefficient (Wildman–Crippen LogP) is 0.678. The van der Waals surface area contributed by atoms with Crippen LogP contribution in [0.1, 0.15) is 20.8 Å². The van der Waals surface area contributed by atoms with E-state index >= 15 is 0 Å². The number of esters is 3. The molecule has 0 aromatic heterocycles. The standard InChI is InChI=1S/C15H21FO8/c1-5-6-20-13-12(24-15(16)14(13)23-10(4)19)11(22-9(3)18)7-21-8(2)17/h5,11-15H,1,6-7H2,2-4H3/t11-,12-,13+,14-,15-/m1/s1. The van der Waals surface area contributed by atoms with Gasteiger partial charge in [-0.25, -0.2) is 4.39 Å². The van der Waals surface area contributed by atoms with Crippen LogP contribution in [0.25, 0.3) is 0 Å². The van der Waals surface area contributed by atoms with E-state index in [-0.39, 0.29) is 13.2 Å². The first kappa shape index (κ1) is 20.0. The Kier molecular flexibility index (Phi) is 7.80. The summed E-state index contributed by atoms with van der Waals surface area (Å²) in [7, 11) is 0. The van der Waals surface area contributed by atoms with Crippen molar-refractivity contribution >= 4 is 17.9 Å². The highest BCUT2D eigenvalue weighted by molar-refractivity contribution is 5.67. The molecule has 5 atom stereocenters.